The summed E-state index contributed by atoms with van der Waals surface area (Å²) in [5.74, 6) is 0. The van der Waals surface area contributed by atoms with E-state index < -0.39 is 0 Å². The van der Waals surface area contributed by atoms with Crippen LogP contribution in [0.25, 0.3) is 0 Å². The number of nitrogens with two attached hydrogens (primary N) is 1. The highest BCUT2D eigenvalue weighted by molar-refractivity contribution is 5.28. The van der Waals surface area contributed by atoms with Crippen LogP contribution in [0.2, 0.25) is 0 Å². The van der Waals surface area contributed by atoms with E-state index in [2.05, 4.69) is 10.00 Å². The second-order valence-corrected chi connectivity index (χ2v) is 4.80. The van der Waals surface area contributed by atoms with Gasteiger partial charge in [-0.25, -0.2) is 0 Å². The molecule has 0 spiro atoms. The van der Waals surface area contributed by atoms with Crippen molar-refractivity contribution in [2.24, 2.45) is 5.73 Å². The van der Waals surface area contributed by atoms with E-state index in [9.17, 15) is 0 Å². The van der Waals surface area contributed by atoms with Crippen LogP contribution in [0.1, 0.15) is 35.8 Å². The summed E-state index contributed by atoms with van der Waals surface area (Å²) in [6.45, 7) is 4.20. The van der Waals surface area contributed by atoms with E-state index in [-0.39, 0.29) is 0 Å². The Morgan fingerprint density at radius 3 is 3.00 bits per heavy atom. The molecule has 17 heavy (non-hydrogen) atoms. The fraction of sp³-hybridized carbons (Fsp3) is 0.750. The Balaban J connectivity index is 1.94. The van der Waals surface area contributed by atoms with E-state index in [1.807, 2.05) is 0 Å². The predicted molar refractivity (Wildman–Crippen MR) is 64.6 cm³/mol. The van der Waals surface area contributed by atoms with Crippen molar-refractivity contribution < 1.29 is 4.74 Å². The van der Waals surface area contributed by atoms with Gasteiger partial charge in [0.25, 0.3) is 0 Å². The average Bonchev–Trinajstić information content (AvgIpc) is 2.78. The van der Waals surface area contributed by atoms with E-state index in [0.29, 0.717) is 19.2 Å². The van der Waals surface area contributed by atoms with E-state index in [1.165, 1.54) is 11.3 Å². The van der Waals surface area contributed by atoms with E-state index >= 15 is 0 Å². The molecule has 2 aliphatic heterocycles. The second kappa shape index (κ2) is 4.76. The lowest BCUT2D eigenvalue weighted by atomic mass is 10.0. The summed E-state index contributed by atoms with van der Waals surface area (Å²) >= 11 is 0. The van der Waals surface area contributed by atoms with Crippen LogP contribution in [-0.4, -0.2) is 29.5 Å². The van der Waals surface area contributed by atoms with Crippen molar-refractivity contribution in [1.29, 1.82) is 0 Å². The van der Waals surface area contributed by atoms with Crippen molar-refractivity contribution >= 4 is 0 Å². The van der Waals surface area contributed by atoms with Gasteiger partial charge in [0, 0.05) is 12.1 Å². The van der Waals surface area contributed by atoms with Gasteiger partial charge >= 0.3 is 0 Å². The Hall–Kier alpha value is -0.910. The Labute approximate surface area is 101 Å². The molecule has 5 nitrogen and oxygen atoms in total. The molecule has 0 aromatic carbocycles. The monoisotopic (exact) mass is 236 g/mol. The third-order valence-electron chi connectivity index (χ3n) is 3.78. The second-order valence-electron chi connectivity index (χ2n) is 4.80. The molecule has 94 valence electrons. The number of rotatable bonds is 2. The summed E-state index contributed by atoms with van der Waals surface area (Å²) in [4.78, 5) is 0. The van der Waals surface area contributed by atoms with Gasteiger partial charge in [0.2, 0.25) is 0 Å². The molecular formula is C12H20N4O. The summed E-state index contributed by atoms with van der Waals surface area (Å²) in [5.41, 5.74) is 9.59. The predicted octanol–water partition coefficient (Wildman–Crippen LogP) is 0.339. The fourth-order valence-corrected chi connectivity index (χ4v) is 2.87. The minimum Gasteiger partial charge on any atom is -0.375 e. The van der Waals surface area contributed by atoms with E-state index in [4.69, 9.17) is 15.6 Å². The highest BCUT2D eigenvalue weighted by Gasteiger charge is 2.24. The van der Waals surface area contributed by atoms with Gasteiger partial charge in [-0.2, -0.15) is 5.10 Å². The van der Waals surface area contributed by atoms with Crippen LogP contribution in [-0.2, 0) is 24.3 Å². The molecule has 0 atom stereocenters. The molecule has 5 heteroatoms. The number of nitrogens with one attached hydrogen (secondary N) is 1. The summed E-state index contributed by atoms with van der Waals surface area (Å²) in [7, 11) is 0. The van der Waals surface area contributed by atoms with Gasteiger partial charge in [-0.1, -0.05) is 0 Å². The minimum atomic E-state index is 0.514. The summed E-state index contributed by atoms with van der Waals surface area (Å²) < 4.78 is 7.65. The highest BCUT2D eigenvalue weighted by atomic mass is 16.5. The number of ether oxygens (including phenoxy) is 1. The maximum absolute atomic E-state index is 5.91. The first-order valence-electron chi connectivity index (χ1n) is 6.48. The lowest BCUT2D eigenvalue weighted by Gasteiger charge is -2.24. The van der Waals surface area contributed by atoms with Crippen LogP contribution >= 0.6 is 0 Å². The van der Waals surface area contributed by atoms with Gasteiger partial charge in [-0.05, 0) is 32.4 Å². The number of piperidine rings is 1. The van der Waals surface area contributed by atoms with E-state index in [1.54, 1.807) is 0 Å². The molecule has 0 aliphatic carbocycles. The number of fused-ring (bicyclic) bond motifs is 1. The van der Waals surface area contributed by atoms with Gasteiger partial charge in [0.1, 0.15) is 0 Å². The van der Waals surface area contributed by atoms with Crippen LogP contribution in [0, 0.1) is 0 Å². The first-order chi connectivity index (χ1) is 8.40. The zero-order valence-corrected chi connectivity index (χ0v) is 10.1. The lowest BCUT2D eigenvalue weighted by Crippen LogP contribution is -2.31. The third kappa shape index (κ3) is 1.99. The molecule has 0 amide bonds. The van der Waals surface area contributed by atoms with Crippen molar-refractivity contribution in [3.05, 3.63) is 17.0 Å². The zero-order valence-electron chi connectivity index (χ0n) is 10.1. The number of hydrogen-bond donors (Lipinski definition) is 2. The summed E-state index contributed by atoms with van der Waals surface area (Å²) in [6, 6.07) is 0.514. The van der Waals surface area contributed by atoms with Crippen molar-refractivity contribution in [2.75, 3.05) is 19.7 Å². The molecule has 3 rings (SSSR count). The van der Waals surface area contributed by atoms with Crippen LogP contribution in [0.3, 0.4) is 0 Å². The molecule has 1 saturated heterocycles. The average molecular weight is 236 g/mol. The maximum Gasteiger partial charge on any atom is 0.0918 e. The number of aromatic nitrogens is 2. The molecule has 1 fully saturated rings. The Bertz CT molecular complexity index is 395. The maximum atomic E-state index is 5.91. The van der Waals surface area contributed by atoms with Crippen LogP contribution in [0.4, 0.5) is 0 Å². The molecule has 0 unspecified atom stereocenters. The topological polar surface area (TPSA) is 65.1 Å². The molecule has 0 bridgehead atoms. The van der Waals surface area contributed by atoms with Crippen molar-refractivity contribution in [3.63, 3.8) is 0 Å². The van der Waals surface area contributed by atoms with Crippen molar-refractivity contribution in [3.8, 4) is 0 Å². The third-order valence-corrected chi connectivity index (χ3v) is 3.78. The van der Waals surface area contributed by atoms with Crippen LogP contribution < -0.4 is 11.1 Å². The molecule has 1 aromatic heterocycles. The number of nitrogens with zero attached hydrogens (tertiary/aromatic N) is 2. The molecule has 3 heterocycles. The SMILES string of the molecule is NCc1c2c(nn1C1CCNCC1)COCC2. The smallest absolute Gasteiger partial charge is 0.0918 e. The minimum absolute atomic E-state index is 0.514. The number of hydrogen-bond acceptors (Lipinski definition) is 4. The fourth-order valence-electron chi connectivity index (χ4n) is 2.87. The quantitative estimate of drug-likeness (QED) is 0.777. The van der Waals surface area contributed by atoms with Crippen LogP contribution in [0.5, 0.6) is 0 Å². The van der Waals surface area contributed by atoms with Crippen molar-refractivity contribution in [1.82, 2.24) is 15.1 Å². The highest BCUT2D eigenvalue weighted by Crippen LogP contribution is 2.26. The molecule has 3 N–H and O–H groups in total. The van der Waals surface area contributed by atoms with Gasteiger partial charge in [-0.15, -0.1) is 0 Å². The molecule has 1 aromatic rings. The lowest BCUT2D eigenvalue weighted by molar-refractivity contribution is 0.107. The molecule has 0 radical (unpaired) electrons. The summed E-state index contributed by atoms with van der Waals surface area (Å²) in [5, 5.41) is 8.12. The largest absolute Gasteiger partial charge is 0.375 e. The zero-order chi connectivity index (χ0) is 11.7. The van der Waals surface area contributed by atoms with Crippen LogP contribution in [0.15, 0.2) is 0 Å². The van der Waals surface area contributed by atoms with E-state index in [0.717, 1.165) is 44.7 Å². The Morgan fingerprint density at radius 2 is 2.24 bits per heavy atom. The first-order valence-corrected chi connectivity index (χ1v) is 6.48. The summed E-state index contributed by atoms with van der Waals surface area (Å²) in [6.07, 6.45) is 3.26. The first kappa shape index (κ1) is 11.2. The Kier molecular flexibility index (Phi) is 3.13. The Morgan fingerprint density at radius 1 is 1.41 bits per heavy atom. The van der Waals surface area contributed by atoms with Gasteiger partial charge in [0.15, 0.2) is 0 Å². The van der Waals surface area contributed by atoms with Gasteiger partial charge < -0.3 is 15.8 Å². The standard InChI is InChI=1S/C12H20N4O/c13-7-12-10-3-6-17-8-11(10)15-16(12)9-1-4-14-5-2-9/h9,14H,1-8,13H2. The van der Waals surface area contributed by atoms with Gasteiger partial charge in [-0.3, -0.25) is 4.68 Å². The molecule has 2 aliphatic rings. The normalized spacial score (nSPS) is 21.5. The molecule has 0 saturated carbocycles. The molecular weight excluding hydrogens is 216 g/mol. The van der Waals surface area contributed by atoms with Crippen molar-refractivity contribution in [2.45, 2.75) is 38.5 Å². The van der Waals surface area contributed by atoms with Gasteiger partial charge in [0.05, 0.1) is 30.6 Å².